The van der Waals surface area contributed by atoms with Crippen LogP contribution >= 0.6 is 0 Å². The number of aliphatic imine (C=N–C) groups is 1. The van der Waals surface area contributed by atoms with Crippen LogP contribution in [0.3, 0.4) is 0 Å². The van der Waals surface area contributed by atoms with Gasteiger partial charge in [0.15, 0.2) is 0 Å². The lowest BCUT2D eigenvalue weighted by Gasteiger charge is -2.09. The van der Waals surface area contributed by atoms with Crippen LogP contribution < -0.4 is 0 Å². The number of carbonyl (C=O) groups excluding carboxylic acids is 1. The third-order valence-electron chi connectivity index (χ3n) is 4.15. The molecule has 2 aromatic carbocycles. The van der Waals surface area contributed by atoms with Crippen molar-refractivity contribution in [3.05, 3.63) is 59.2 Å². The van der Waals surface area contributed by atoms with E-state index in [0.29, 0.717) is 16.1 Å². The lowest BCUT2D eigenvalue weighted by molar-refractivity contribution is 0.101. The third kappa shape index (κ3) is 3.64. The van der Waals surface area contributed by atoms with Gasteiger partial charge in [0.25, 0.3) is 5.91 Å². The lowest BCUT2D eigenvalue weighted by atomic mass is 10.2. The summed E-state index contributed by atoms with van der Waals surface area (Å²) in [6.07, 6.45) is 1.71. The molecule has 1 aliphatic heterocycles. The van der Waals surface area contributed by atoms with Crippen LogP contribution in [0.15, 0.2) is 56.7 Å². The van der Waals surface area contributed by atoms with E-state index in [1.54, 1.807) is 24.5 Å². The van der Waals surface area contributed by atoms with Gasteiger partial charge in [-0.3, -0.25) is 4.79 Å². The van der Waals surface area contributed by atoms with Gasteiger partial charge >= 0.3 is 0 Å². The summed E-state index contributed by atoms with van der Waals surface area (Å²) < 4.78 is 17.2. The number of hydrogen-bond acceptors (Lipinski definition) is 3. The molecular weight excluding hydrogens is 334 g/mol. The first-order valence-corrected chi connectivity index (χ1v) is 9.83. The Morgan fingerprint density at radius 2 is 1.92 bits per heavy atom. The van der Waals surface area contributed by atoms with Crippen molar-refractivity contribution in [1.29, 1.82) is 0 Å². The van der Waals surface area contributed by atoms with E-state index in [1.165, 1.54) is 0 Å². The number of hydrogen-bond donors (Lipinski definition) is 0. The molecule has 6 heteroatoms. The van der Waals surface area contributed by atoms with Crippen LogP contribution in [-0.4, -0.2) is 34.9 Å². The average Bonchev–Trinajstić information content (AvgIpc) is 2.85. The van der Waals surface area contributed by atoms with E-state index in [4.69, 9.17) is 0 Å². The van der Waals surface area contributed by atoms with Crippen LogP contribution in [0.25, 0.3) is 0 Å². The third-order valence-corrected chi connectivity index (χ3v) is 6.38. The first kappa shape index (κ1) is 17.4. The fraction of sp³-hybridized carbons (Fsp3) is 0.263. The van der Waals surface area contributed by atoms with Crippen LogP contribution in [0.1, 0.15) is 28.4 Å². The molecule has 0 N–H and O–H groups in total. The van der Waals surface area contributed by atoms with E-state index >= 15 is 0 Å². The highest BCUT2D eigenvalue weighted by Gasteiger charge is 2.29. The fourth-order valence-corrected chi connectivity index (χ4v) is 4.64. The molecule has 1 heterocycles. The van der Waals surface area contributed by atoms with Gasteiger partial charge in [-0.15, -0.1) is 0 Å². The summed E-state index contributed by atoms with van der Waals surface area (Å²) in [4.78, 5) is 19.1. The molecule has 5 nitrogen and oxygen atoms in total. The second-order valence-electron chi connectivity index (χ2n) is 6.17. The predicted molar refractivity (Wildman–Crippen MR) is 101 cm³/mol. The van der Waals surface area contributed by atoms with Gasteiger partial charge < -0.3 is 4.90 Å². The van der Waals surface area contributed by atoms with Crippen LogP contribution in [0.4, 0.5) is 5.69 Å². The van der Waals surface area contributed by atoms with Gasteiger partial charge in [0.2, 0.25) is 0 Å². The van der Waals surface area contributed by atoms with E-state index in [-0.39, 0.29) is 5.75 Å². The molecule has 0 aromatic heterocycles. The maximum Gasteiger partial charge on any atom is 0.286 e. The summed E-state index contributed by atoms with van der Waals surface area (Å²) in [5.41, 5.74) is 3.09. The molecule has 25 heavy (non-hydrogen) atoms. The Hall–Kier alpha value is -2.47. The van der Waals surface area contributed by atoms with Crippen molar-refractivity contribution in [1.82, 2.24) is 4.90 Å². The minimum atomic E-state index is -2.77. The highest BCUT2D eigenvalue weighted by atomic mass is 32.2. The Labute approximate surface area is 148 Å². The van der Waals surface area contributed by atoms with Crippen molar-refractivity contribution in [2.24, 2.45) is 9.36 Å². The highest BCUT2D eigenvalue weighted by molar-refractivity contribution is 7.93. The number of amides is 1. The summed E-state index contributed by atoms with van der Waals surface area (Å²) in [5, 5.41) is 0. The Bertz CT molecular complexity index is 955. The Morgan fingerprint density at radius 1 is 1.20 bits per heavy atom. The van der Waals surface area contributed by atoms with Gasteiger partial charge in [-0.05, 0) is 37.6 Å². The summed E-state index contributed by atoms with van der Waals surface area (Å²) in [6.45, 7) is 4.87. The first-order chi connectivity index (χ1) is 11.9. The molecule has 0 saturated carbocycles. The number of rotatable bonds is 5. The molecule has 0 aliphatic carbocycles. The number of aryl methyl sites for hydroxylation is 1. The monoisotopic (exact) mass is 355 g/mol. The maximum absolute atomic E-state index is 13.3. The molecule has 0 fully saturated rings. The number of benzene rings is 2. The molecule has 0 radical (unpaired) electrons. The molecule has 130 valence electrons. The SMILES string of the molecule is CCN(C)/C=N/c1ccc2c(c1)C(=O)N=S2(=O)Cc1ccc(C)cc1. The van der Waals surface area contributed by atoms with Gasteiger partial charge in [0, 0.05) is 13.6 Å². The van der Waals surface area contributed by atoms with Crippen LogP contribution in [0.5, 0.6) is 0 Å². The van der Waals surface area contributed by atoms with E-state index < -0.39 is 15.6 Å². The van der Waals surface area contributed by atoms with Crippen molar-refractivity contribution in [3.8, 4) is 0 Å². The van der Waals surface area contributed by atoms with E-state index in [1.807, 2.05) is 50.1 Å². The van der Waals surface area contributed by atoms with Crippen molar-refractivity contribution in [2.75, 3.05) is 13.6 Å². The Balaban J connectivity index is 1.93. The standard InChI is InChI=1S/C19H21N3O2S/c1-4-22(3)13-20-16-9-10-18-17(11-16)19(23)21-25(18,24)12-15-7-5-14(2)6-8-15/h5-11,13H,4,12H2,1-3H3/b20-13+. The average molecular weight is 355 g/mol. The molecular formula is C19H21N3O2S. The zero-order valence-electron chi connectivity index (χ0n) is 14.6. The molecule has 0 saturated heterocycles. The molecule has 1 aliphatic rings. The van der Waals surface area contributed by atoms with E-state index in [2.05, 4.69) is 9.36 Å². The minimum Gasteiger partial charge on any atom is -0.366 e. The Morgan fingerprint density at radius 3 is 2.60 bits per heavy atom. The van der Waals surface area contributed by atoms with Crippen LogP contribution in [-0.2, 0) is 15.5 Å². The summed E-state index contributed by atoms with van der Waals surface area (Å²) in [7, 11) is -0.845. The number of fused-ring (bicyclic) bond motifs is 1. The minimum absolute atomic E-state index is 0.243. The smallest absolute Gasteiger partial charge is 0.286 e. The van der Waals surface area contributed by atoms with Crippen molar-refractivity contribution in [2.45, 2.75) is 24.5 Å². The fourth-order valence-electron chi connectivity index (χ4n) is 2.54. The normalized spacial score (nSPS) is 19.1. The van der Waals surface area contributed by atoms with Crippen molar-refractivity contribution < 1.29 is 9.00 Å². The zero-order chi connectivity index (χ0) is 18.0. The van der Waals surface area contributed by atoms with Gasteiger partial charge in [0.1, 0.15) is 0 Å². The molecule has 3 rings (SSSR count). The molecule has 1 amide bonds. The van der Waals surface area contributed by atoms with Crippen molar-refractivity contribution >= 4 is 27.7 Å². The van der Waals surface area contributed by atoms with Gasteiger partial charge in [-0.2, -0.15) is 4.36 Å². The van der Waals surface area contributed by atoms with Crippen LogP contribution in [0, 0.1) is 6.92 Å². The molecule has 0 spiro atoms. The second kappa shape index (κ2) is 6.80. The lowest BCUT2D eigenvalue weighted by Crippen LogP contribution is -2.14. The van der Waals surface area contributed by atoms with E-state index in [9.17, 15) is 9.00 Å². The van der Waals surface area contributed by atoms with Gasteiger partial charge in [0.05, 0.1) is 38.0 Å². The molecule has 2 aromatic rings. The quantitative estimate of drug-likeness (QED) is 0.605. The summed E-state index contributed by atoms with van der Waals surface area (Å²) >= 11 is 0. The maximum atomic E-state index is 13.3. The molecule has 0 bridgehead atoms. The summed E-state index contributed by atoms with van der Waals surface area (Å²) in [5.74, 6) is -0.180. The predicted octanol–water partition coefficient (Wildman–Crippen LogP) is 3.79. The number of carbonyl (C=O) groups is 1. The number of nitrogens with zero attached hydrogens (tertiary/aromatic N) is 3. The van der Waals surface area contributed by atoms with Gasteiger partial charge in [-0.1, -0.05) is 29.8 Å². The van der Waals surface area contributed by atoms with Crippen molar-refractivity contribution in [3.63, 3.8) is 0 Å². The molecule has 1 unspecified atom stereocenters. The first-order valence-electron chi connectivity index (χ1n) is 8.14. The molecule has 1 atom stereocenters. The van der Waals surface area contributed by atoms with Crippen LogP contribution in [0.2, 0.25) is 0 Å². The summed E-state index contributed by atoms with van der Waals surface area (Å²) in [6, 6.07) is 13.0. The largest absolute Gasteiger partial charge is 0.366 e. The van der Waals surface area contributed by atoms with Gasteiger partial charge in [-0.25, -0.2) is 9.20 Å². The topological polar surface area (TPSA) is 62.1 Å². The highest BCUT2D eigenvalue weighted by Crippen LogP contribution is 2.32. The Kier molecular flexibility index (Phi) is 4.72. The second-order valence-corrected chi connectivity index (χ2v) is 8.36. The zero-order valence-corrected chi connectivity index (χ0v) is 15.4. The van der Waals surface area contributed by atoms with E-state index in [0.717, 1.165) is 17.7 Å².